The maximum Gasteiger partial charge on any atom is 0.254 e. The Balaban J connectivity index is 1.48. The Labute approximate surface area is 178 Å². The maximum atomic E-state index is 12.6. The molecular weight excluding hydrogens is 414 g/mol. The second-order valence-corrected chi connectivity index (χ2v) is 8.65. The Morgan fingerprint density at radius 2 is 2.04 bits per heavy atom. The number of thiol groups is 1. The summed E-state index contributed by atoms with van der Waals surface area (Å²) in [5, 5.41) is 4.52. The van der Waals surface area contributed by atoms with Crippen molar-refractivity contribution in [2.45, 2.75) is 18.0 Å². The van der Waals surface area contributed by atoms with Crippen LogP contribution in [0.4, 0.5) is 0 Å². The molecule has 8 heteroatoms. The summed E-state index contributed by atoms with van der Waals surface area (Å²) >= 11 is 12.2. The molecule has 5 nitrogen and oxygen atoms in total. The molecule has 1 aliphatic heterocycles. The van der Waals surface area contributed by atoms with Crippen molar-refractivity contribution >= 4 is 51.7 Å². The highest BCUT2D eigenvalue weighted by molar-refractivity contribution is 7.80. The van der Waals surface area contributed by atoms with E-state index in [0.29, 0.717) is 22.0 Å². The summed E-state index contributed by atoms with van der Waals surface area (Å²) in [6, 6.07) is 9.50. The van der Waals surface area contributed by atoms with Crippen molar-refractivity contribution in [1.82, 2.24) is 15.2 Å². The highest BCUT2D eigenvalue weighted by atomic mass is 35.5. The number of benzene rings is 1. The van der Waals surface area contributed by atoms with Gasteiger partial charge in [0.15, 0.2) is 0 Å². The molecule has 1 aliphatic rings. The standard InChI is InChI=1S/C20H20ClN3O2S2/c21-14-3-1-13(2-4-14)10-22-19(25)17-11-23-20-16(18(17)27)9-15(28-20)12-24-5-7-26-8-6-24/h1-4,9,11H,5-8,10,12H2,(H,22,25)(H,23,27). The molecule has 3 heterocycles. The summed E-state index contributed by atoms with van der Waals surface area (Å²) in [4.78, 5) is 22.3. The molecule has 0 radical (unpaired) electrons. The van der Waals surface area contributed by atoms with Gasteiger partial charge in [-0.25, -0.2) is 4.98 Å². The molecule has 1 aromatic carbocycles. The van der Waals surface area contributed by atoms with Gasteiger partial charge in [-0.2, -0.15) is 0 Å². The first-order chi connectivity index (χ1) is 13.6. The normalized spacial score (nSPS) is 15.1. The third-order valence-corrected chi connectivity index (χ3v) is 6.44. The van der Waals surface area contributed by atoms with Crippen molar-refractivity contribution in [1.29, 1.82) is 0 Å². The summed E-state index contributed by atoms with van der Waals surface area (Å²) < 4.78 is 5.40. The number of pyridine rings is 1. The topological polar surface area (TPSA) is 54.5 Å². The zero-order valence-corrected chi connectivity index (χ0v) is 17.6. The highest BCUT2D eigenvalue weighted by Crippen LogP contribution is 2.31. The van der Waals surface area contributed by atoms with E-state index in [0.717, 1.165) is 48.6 Å². The van der Waals surface area contributed by atoms with E-state index in [4.69, 9.17) is 16.3 Å². The number of fused-ring (bicyclic) bond motifs is 1. The molecule has 1 fully saturated rings. The quantitative estimate of drug-likeness (QED) is 0.597. The average molecular weight is 434 g/mol. The van der Waals surface area contributed by atoms with Gasteiger partial charge in [0.05, 0.1) is 18.8 Å². The molecule has 0 unspecified atom stereocenters. The summed E-state index contributed by atoms with van der Waals surface area (Å²) in [5.41, 5.74) is 1.47. The second kappa shape index (κ2) is 8.80. The highest BCUT2D eigenvalue weighted by Gasteiger charge is 2.17. The van der Waals surface area contributed by atoms with Crippen molar-refractivity contribution in [2.75, 3.05) is 26.3 Å². The van der Waals surface area contributed by atoms with Gasteiger partial charge in [-0.05, 0) is 23.8 Å². The van der Waals surface area contributed by atoms with Gasteiger partial charge < -0.3 is 10.1 Å². The molecular formula is C20H20ClN3O2S2. The van der Waals surface area contributed by atoms with Gasteiger partial charge in [0.25, 0.3) is 5.91 Å². The Hall–Kier alpha value is -1.64. The van der Waals surface area contributed by atoms with E-state index in [2.05, 4.69) is 33.9 Å². The number of ether oxygens (including phenoxy) is 1. The zero-order valence-electron chi connectivity index (χ0n) is 15.2. The lowest BCUT2D eigenvalue weighted by molar-refractivity contribution is 0.0346. The number of carbonyl (C=O) groups is 1. The number of hydrogen-bond donors (Lipinski definition) is 2. The molecule has 0 aliphatic carbocycles. The van der Waals surface area contributed by atoms with E-state index in [9.17, 15) is 4.79 Å². The van der Waals surface area contributed by atoms with Crippen LogP contribution in [0, 0.1) is 0 Å². The smallest absolute Gasteiger partial charge is 0.254 e. The Kier molecular flexibility index (Phi) is 6.18. The number of halogens is 1. The zero-order chi connectivity index (χ0) is 19.5. The van der Waals surface area contributed by atoms with Crippen molar-refractivity contribution in [3.8, 4) is 0 Å². The van der Waals surface area contributed by atoms with Gasteiger partial charge in [0.1, 0.15) is 4.83 Å². The Bertz CT molecular complexity index is 985. The van der Waals surface area contributed by atoms with E-state index < -0.39 is 0 Å². The number of thiophene rings is 1. The van der Waals surface area contributed by atoms with E-state index >= 15 is 0 Å². The number of morpholine rings is 1. The van der Waals surface area contributed by atoms with Crippen molar-refractivity contribution in [3.05, 3.63) is 57.6 Å². The van der Waals surface area contributed by atoms with Crippen molar-refractivity contribution in [2.24, 2.45) is 0 Å². The van der Waals surface area contributed by atoms with Gasteiger partial charge in [-0.3, -0.25) is 9.69 Å². The van der Waals surface area contributed by atoms with Crippen LogP contribution in [0.2, 0.25) is 5.02 Å². The third-order valence-electron chi connectivity index (χ3n) is 4.68. The number of aromatic nitrogens is 1. The summed E-state index contributed by atoms with van der Waals surface area (Å²) in [6.07, 6.45) is 1.61. The lowest BCUT2D eigenvalue weighted by Gasteiger charge is -2.25. The fourth-order valence-electron chi connectivity index (χ4n) is 3.13. The third kappa shape index (κ3) is 4.50. The van der Waals surface area contributed by atoms with Crippen molar-refractivity contribution in [3.63, 3.8) is 0 Å². The fourth-order valence-corrected chi connectivity index (χ4v) is 4.71. The first-order valence-electron chi connectivity index (χ1n) is 9.03. The van der Waals surface area contributed by atoms with Crippen LogP contribution in [0.5, 0.6) is 0 Å². The monoisotopic (exact) mass is 433 g/mol. The largest absolute Gasteiger partial charge is 0.379 e. The first-order valence-corrected chi connectivity index (χ1v) is 10.7. The predicted molar refractivity (Wildman–Crippen MR) is 116 cm³/mol. The maximum absolute atomic E-state index is 12.6. The summed E-state index contributed by atoms with van der Waals surface area (Å²) in [7, 11) is 0. The van der Waals surface area contributed by atoms with Gasteiger partial charge in [0, 0.05) is 52.6 Å². The van der Waals surface area contributed by atoms with Crippen LogP contribution in [0.1, 0.15) is 20.8 Å². The summed E-state index contributed by atoms with van der Waals surface area (Å²) in [6.45, 7) is 4.72. The summed E-state index contributed by atoms with van der Waals surface area (Å²) in [5.74, 6) is -0.185. The number of nitrogens with one attached hydrogen (secondary N) is 1. The molecule has 0 saturated carbocycles. The van der Waals surface area contributed by atoms with Gasteiger partial charge >= 0.3 is 0 Å². The fraction of sp³-hybridized carbons (Fsp3) is 0.300. The molecule has 0 atom stereocenters. The molecule has 1 N–H and O–H groups in total. The van der Waals surface area contributed by atoms with Gasteiger partial charge in [0.2, 0.25) is 0 Å². The molecule has 146 valence electrons. The van der Waals surface area contributed by atoms with E-state index in [1.807, 2.05) is 24.3 Å². The molecule has 2 aromatic heterocycles. The van der Waals surface area contributed by atoms with E-state index in [1.54, 1.807) is 17.5 Å². The SMILES string of the molecule is O=C(NCc1ccc(Cl)cc1)c1cnc2sc(CN3CCOCC3)cc2c1S. The van der Waals surface area contributed by atoms with Crippen LogP contribution in [0.3, 0.4) is 0 Å². The number of hydrogen-bond acceptors (Lipinski definition) is 6. The van der Waals surface area contributed by atoms with E-state index in [1.165, 1.54) is 4.88 Å². The minimum atomic E-state index is -0.185. The van der Waals surface area contributed by atoms with Crippen molar-refractivity contribution < 1.29 is 9.53 Å². The first kappa shape index (κ1) is 19.7. The predicted octanol–water partition coefficient (Wildman–Crippen LogP) is 4.00. The van der Waals surface area contributed by atoms with Crippen LogP contribution in [0.25, 0.3) is 10.2 Å². The van der Waals surface area contributed by atoms with Crippen LogP contribution >= 0.6 is 35.6 Å². The number of nitrogens with zero attached hydrogens (tertiary/aromatic N) is 2. The van der Waals surface area contributed by atoms with Crippen LogP contribution in [0.15, 0.2) is 41.4 Å². The van der Waals surface area contributed by atoms with Crippen LogP contribution in [-0.4, -0.2) is 42.1 Å². The number of rotatable bonds is 5. The Morgan fingerprint density at radius 3 is 2.79 bits per heavy atom. The van der Waals surface area contributed by atoms with Gasteiger partial charge in [-0.1, -0.05) is 23.7 Å². The Morgan fingerprint density at radius 1 is 1.29 bits per heavy atom. The van der Waals surface area contributed by atoms with Crippen LogP contribution < -0.4 is 5.32 Å². The average Bonchev–Trinajstić information content (AvgIpc) is 3.12. The van der Waals surface area contributed by atoms with Crippen LogP contribution in [-0.2, 0) is 17.8 Å². The van der Waals surface area contributed by atoms with Gasteiger partial charge in [-0.15, -0.1) is 24.0 Å². The second-order valence-electron chi connectivity index (χ2n) is 6.65. The molecule has 0 bridgehead atoms. The molecule has 0 spiro atoms. The molecule has 1 amide bonds. The van der Waals surface area contributed by atoms with E-state index in [-0.39, 0.29) is 5.91 Å². The number of amides is 1. The number of carbonyl (C=O) groups excluding carboxylic acids is 1. The molecule has 1 saturated heterocycles. The minimum Gasteiger partial charge on any atom is -0.379 e. The molecule has 4 rings (SSSR count). The lowest BCUT2D eigenvalue weighted by atomic mass is 10.2. The molecule has 28 heavy (non-hydrogen) atoms. The minimum absolute atomic E-state index is 0.185. The molecule has 3 aromatic rings. The lowest BCUT2D eigenvalue weighted by Crippen LogP contribution is -2.35.